The molecule has 1 rings (SSSR count). The first kappa shape index (κ1) is 12.6. The van der Waals surface area contributed by atoms with E-state index >= 15 is 0 Å². The average molecular weight is 222 g/mol. The van der Waals surface area contributed by atoms with Crippen LogP contribution in [0.3, 0.4) is 0 Å². The maximum absolute atomic E-state index is 9.00. The van der Waals surface area contributed by atoms with Crippen LogP contribution in [-0.2, 0) is 12.8 Å². The molecule has 0 saturated carbocycles. The number of aliphatic hydroxyl groups excluding tert-OH is 1. The van der Waals surface area contributed by atoms with E-state index < -0.39 is 0 Å². The molecule has 0 heterocycles. The van der Waals surface area contributed by atoms with Crippen LogP contribution in [0.1, 0.15) is 11.1 Å². The molecular formula is C13H18O3. The molecule has 0 fully saturated rings. The van der Waals surface area contributed by atoms with Crippen molar-refractivity contribution in [1.29, 1.82) is 0 Å². The molecule has 3 nitrogen and oxygen atoms in total. The molecule has 16 heavy (non-hydrogen) atoms. The standard InChI is InChI=1S/C13H18O3/c1-4-5-10-8-12(15-2)13(16-3)9-11(10)6-7-14/h4,8-9,14H,1,5-7H2,2-3H3. The van der Waals surface area contributed by atoms with E-state index in [2.05, 4.69) is 6.58 Å². The van der Waals surface area contributed by atoms with E-state index in [4.69, 9.17) is 14.6 Å². The van der Waals surface area contributed by atoms with E-state index in [9.17, 15) is 0 Å². The predicted molar refractivity (Wildman–Crippen MR) is 64.2 cm³/mol. The molecule has 88 valence electrons. The summed E-state index contributed by atoms with van der Waals surface area (Å²) in [5.74, 6) is 1.40. The third-order valence-corrected chi connectivity index (χ3v) is 2.45. The van der Waals surface area contributed by atoms with Gasteiger partial charge in [-0.3, -0.25) is 0 Å². The SMILES string of the molecule is C=CCc1cc(OC)c(OC)cc1CCO. The van der Waals surface area contributed by atoms with E-state index in [0.717, 1.165) is 17.5 Å². The Labute approximate surface area is 96.3 Å². The van der Waals surface area contributed by atoms with Gasteiger partial charge in [0.1, 0.15) is 0 Å². The molecular weight excluding hydrogens is 204 g/mol. The quantitative estimate of drug-likeness (QED) is 0.748. The molecule has 0 unspecified atom stereocenters. The lowest BCUT2D eigenvalue weighted by molar-refractivity contribution is 0.298. The van der Waals surface area contributed by atoms with Gasteiger partial charge in [-0.15, -0.1) is 6.58 Å². The predicted octanol–water partition coefficient (Wildman–Crippen LogP) is 1.97. The highest BCUT2D eigenvalue weighted by Crippen LogP contribution is 2.31. The molecule has 0 bridgehead atoms. The molecule has 0 aliphatic rings. The maximum Gasteiger partial charge on any atom is 0.161 e. The van der Waals surface area contributed by atoms with Crippen molar-refractivity contribution in [2.45, 2.75) is 12.8 Å². The minimum atomic E-state index is 0.125. The molecule has 0 atom stereocenters. The van der Waals surface area contributed by atoms with Gasteiger partial charge in [-0.2, -0.15) is 0 Å². The van der Waals surface area contributed by atoms with Crippen molar-refractivity contribution >= 4 is 0 Å². The molecule has 0 radical (unpaired) electrons. The van der Waals surface area contributed by atoms with Gasteiger partial charge in [0.15, 0.2) is 11.5 Å². The van der Waals surface area contributed by atoms with Crippen LogP contribution in [0.2, 0.25) is 0 Å². The number of allylic oxidation sites excluding steroid dienone is 1. The summed E-state index contributed by atoms with van der Waals surface area (Å²) in [6, 6.07) is 3.85. The summed E-state index contributed by atoms with van der Waals surface area (Å²) in [6.45, 7) is 3.85. The Bertz CT molecular complexity index is 358. The maximum atomic E-state index is 9.00. The lowest BCUT2D eigenvalue weighted by Gasteiger charge is -2.13. The summed E-state index contributed by atoms with van der Waals surface area (Å²) in [5, 5.41) is 9.00. The lowest BCUT2D eigenvalue weighted by Crippen LogP contribution is -2.00. The van der Waals surface area contributed by atoms with Gasteiger partial charge >= 0.3 is 0 Å². The molecule has 0 aliphatic heterocycles. The number of rotatable bonds is 6. The molecule has 0 spiro atoms. The summed E-state index contributed by atoms with van der Waals surface area (Å²) in [4.78, 5) is 0. The monoisotopic (exact) mass is 222 g/mol. The van der Waals surface area contributed by atoms with Crippen molar-refractivity contribution in [2.75, 3.05) is 20.8 Å². The van der Waals surface area contributed by atoms with Crippen LogP contribution in [0.15, 0.2) is 24.8 Å². The first-order valence-corrected chi connectivity index (χ1v) is 5.22. The minimum Gasteiger partial charge on any atom is -0.493 e. The Morgan fingerprint density at radius 3 is 2.19 bits per heavy atom. The fourth-order valence-electron chi connectivity index (χ4n) is 1.66. The van der Waals surface area contributed by atoms with Crippen molar-refractivity contribution in [1.82, 2.24) is 0 Å². The van der Waals surface area contributed by atoms with Crippen LogP contribution in [0.5, 0.6) is 11.5 Å². The molecule has 0 saturated heterocycles. The van der Waals surface area contributed by atoms with Gasteiger partial charge in [0.25, 0.3) is 0 Å². The average Bonchev–Trinajstić information content (AvgIpc) is 2.31. The van der Waals surface area contributed by atoms with Crippen molar-refractivity contribution < 1.29 is 14.6 Å². The molecule has 0 aliphatic carbocycles. The van der Waals surface area contributed by atoms with E-state index in [-0.39, 0.29) is 6.61 Å². The van der Waals surface area contributed by atoms with Crippen LogP contribution in [0, 0.1) is 0 Å². The van der Waals surface area contributed by atoms with Gasteiger partial charge in [-0.1, -0.05) is 6.08 Å². The summed E-state index contributed by atoms with van der Waals surface area (Å²) in [7, 11) is 3.22. The number of ether oxygens (including phenoxy) is 2. The first-order valence-electron chi connectivity index (χ1n) is 5.22. The second-order valence-electron chi connectivity index (χ2n) is 3.44. The van der Waals surface area contributed by atoms with E-state index in [1.165, 1.54) is 0 Å². The molecule has 1 N–H and O–H groups in total. The molecule has 0 amide bonds. The van der Waals surface area contributed by atoms with Gasteiger partial charge in [0.05, 0.1) is 14.2 Å². The fourth-order valence-corrected chi connectivity index (χ4v) is 1.66. The molecule has 1 aromatic rings. The van der Waals surface area contributed by atoms with Crippen LogP contribution in [0.4, 0.5) is 0 Å². The Kier molecular flexibility index (Phi) is 4.86. The summed E-state index contributed by atoms with van der Waals surface area (Å²) >= 11 is 0. The largest absolute Gasteiger partial charge is 0.493 e. The third kappa shape index (κ3) is 2.76. The van der Waals surface area contributed by atoms with Gasteiger partial charge in [0.2, 0.25) is 0 Å². The van der Waals surface area contributed by atoms with Gasteiger partial charge in [-0.05, 0) is 36.1 Å². The second-order valence-corrected chi connectivity index (χ2v) is 3.44. The summed E-state index contributed by atoms with van der Waals surface area (Å²) < 4.78 is 10.5. The van der Waals surface area contributed by atoms with Crippen LogP contribution in [-0.4, -0.2) is 25.9 Å². The van der Waals surface area contributed by atoms with E-state index in [0.29, 0.717) is 17.9 Å². The van der Waals surface area contributed by atoms with Crippen LogP contribution in [0.25, 0.3) is 0 Å². The molecule has 3 heteroatoms. The number of aliphatic hydroxyl groups is 1. The smallest absolute Gasteiger partial charge is 0.161 e. The Hall–Kier alpha value is -1.48. The van der Waals surface area contributed by atoms with Gasteiger partial charge in [-0.25, -0.2) is 0 Å². The number of benzene rings is 1. The Morgan fingerprint density at radius 1 is 1.19 bits per heavy atom. The normalized spacial score (nSPS) is 9.94. The molecule has 0 aromatic heterocycles. The minimum absolute atomic E-state index is 0.125. The topological polar surface area (TPSA) is 38.7 Å². The number of methoxy groups -OCH3 is 2. The zero-order valence-corrected chi connectivity index (χ0v) is 9.82. The summed E-state index contributed by atoms with van der Waals surface area (Å²) in [6.07, 6.45) is 3.21. The van der Waals surface area contributed by atoms with Gasteiger partial charge in [0, 0.05) is 6.61 Å². The van der Waals surface area contributed by atoms with Crippen molar-refractivity contribution in [2.24, 2.45) is 0 Å². The molecule has 1 aromatic carbocycles. The third-order valence-electron chi connectivity index (χ3n) is 2.45. The lowest BCUT2D eigenvalue weighted by atomic mass is 10.0. The fraction of sp³-hybridized carbons (Fsp3) is 0.385. The van der Waals surface area contributed by atoms with Crippen molar-refractivity contribution in [3.05, 3.63) is 35.9 Å². The van der Waals surface area contributed by atoms with Crippen LogP contribution >= 0.6 is 0 Å². The first-order chi connectivity index (χ1) is 7.76. The zero-order chi connectivity index (χ0) is 12.0. The highest BCUT2D eigenvalue weighted by atomic mass is 16.5. The van der Waals surface area contributed by atoms with E-state index in [1.54, 1.807) is 14.2 Å². The number of hydrogen-bond donors (Lipinski definition) is 1. The van der Waals surface area contributed by atoms with Crippen molar-refractivity contribution in [3.63, 3.8) is 0 Å². The Balaban J connectivity index is 3.17. The van der Waals surface area contributed by atoms with Crippen LogP contribution < -0.4 is 9.47 Å². The highest BCUT2D eigenvalue weighted by Gasteiger charge is 2.09. The summed E-state index contributed by atoms with van der Waals surface area (Å²) in [5.41, 5.74) is 2.18. The Morgan fingerprint density at radius 2 is 1.75 bits per heavy atom. The van der Waals surface area contributed by atoms with Gasteiger partial charge < -0.3 is 14.6 Å². The van der Waals surface area contributed by atoms with Crippen molar-refractivity contribution in [3.8, 4) is 11.5 Å². The number of hydrogen-bond acceptors (Lipinski definition) is 3. The van der Waals surface area contributed by atoms with E-state index in [1.807, 2.05) is 18.2 Å². The highest BCUT2D eigenvalue weighted by molar-refractivity contribution is 5.48. The second kappa shape index (κ2) is 6.18. The zero-order valence-electron chi connectivity index (χ0n) is 9.82.